The van der Waals surface area contributed by atoms with Crippen LogP contribution in [-0.2, 0) is 12.0 Å². The highest BCUT2D eigenvalue weighted by Gasteiger charge is 2.16. The number of aromatic nitrogens is 1. The minimum absolute atomic E-state index is 0.722. The van der Waals surface area contributed by atoms with E-state index in [0.29, 0.717) is 0 Å². The quantitative estimate of drug-likeness (QED) is 0.725. The molecule has 0 saturated carbocycles. The Labute approximate surface area is 73.3 Å². The van der Waals surface area contributed by atoms with Gasteiger partial charge in [-0.1, -0.05) is 13.0 Å². The van der Waals surface area contributed by atoms with Crippen molar-refractivity contribution in [1.29, 1.82) is 0 Å². The summed E-state index contributed by atoms with van der Waals surface area (Å²) in [5.74, 6) is 0. The number of rotatable bonds is 2. The first-order valence-electron chi connectivity index (χ1n) is 4.22. The molecule has 0 saturated heterocycles. The molecule has 0 aliphatic carbocycles. The van der Waals surface area contributed by atoms with E-state index in [0.717, 1.165) is 12.1 Å². The van der Waals surface area contributed by atoms with Gasteiger partial charge >= 0.3 is 0 Å². The van der Waals surface area contributed by atoms with Gasteiger partial charge in [-0.15, -0.1) is 0 Å². The van der Waals surface area contributed by atoms with Crippen LogP contribution in [0.4, 0.5) is 0 Å². The Balaban J connectivity index is 2.93. The summed E-state index contributed by atoms with van der Waals surface area (Å²) in [6, 6.07) is 3.87. The van der Waals surface area contributed by atoms with Crippen molar-refractivity contribution >= 4 is 0 Å². The van der Waals surface area contributed by atoms with Gasteiger partial charge in [0.1, 0.15) is 5.60 Å². The van der Waals surface area contributed by atoms with Gasteiger partial charge in [0, 0.05) is 6.20 Å². The van der Waals surface area contributed by atoms with Crippen LogP contribution in [0, 0.1) is 0 Å². The van der Waals surface area contributed by atoms with Crippen LogP contribution < -0.4 is 0 Å². The summed E-state index contributed by atoms with van der Waals surface area (Å²) < 4.78 is 0. The largest absolute Gasteiger partial charge is 0.384 e. The van der Waals surface area contributed by atoms with Crippen LogP contribution in [0.5, 0.6) is 0 Å². The normalized spacial score (nSPS) is 11.7. The lowest BCUT2D eigenvalue weighted by Gasteiger charge is -2.16. The van der Waals surface area contributed by atoms with Crippen molar-refractivity contribution in [2.24, 2.45) is 0 Å². The number of hydrogen-bond acceptors (Lipinski definition) is 2. The minimum atomic E-state index is -0.827. The number of pyridine rings is 1. The minimum Gasteiger partial charge on any atom is -0.384 e. The van der Waals surface area contributed by atoms with Gasteiger partial charge in [0.25, 0.3) is 0 Å². The molecule has 1 aromatic heterocycles. The molecule has 0 aliphatic rings. The summed E-state index contributed by atoms with van der Waals surface area (Å²) in [5, 5.41) is 9.59. The second-order valence-corrected chi connectivity index (χ2v) is 3.46. The van der Waals surface area contributed by atoms with E-state index >= 15 is 0 Å². The van der Waals surface area contributed by atoms with Gasteiger partial charge < -0.3 is 5.11 Å². The monoisotopic (exact) mass is 165 g/mol. The van der Waals surface area contributed by atoms with Crippen molar-refractivity contribution in [3.63, 3.8) is 0 Å². The van der Waals surface area contributed by atoms with Gasteiger partial charge in [-0.25, -0.2) is 0 Å². The maximum Gasteiger partial charge on any atom is 0.101 e. The summed E-state index contributed by atoms with van der Waals surface area (Å²) in [6.07, 6.45) is 2.80. The Kier molecular flexibility index (Phi) is 2.48. The molecule has 0 aliphatic heterocycles. The Morgan fingerprint density at radius 2 is 2.08 bits per heavy atom. The maximum atomic E-state index is 9.59. The average molecular weight is 165 g/mol. The van der Waals surface area contributed by atoms with Crippen LogP contribution in [0.2, 0.25) is 0 Å². The van der Waals surface area contributed by atoms with E-state index in [-0.39, 0.29) is 0 Å². The van der Waals surface area contributed by atoms with E-state index < -0.39 is 5.60 Å². The zero-order valence-corrected chi connectivity index (χ0v) is 7.83. The topological polar surface area (TPSA) is 33.1 Å². The second-order valence-electron chi connectivity index (χ2n) is 3.46. The number of aryl methyl sites for hydroxylation is 1. The molecule has 12 heavy (non-hydrogen) atoms. The SMILES string of the molecule is CCc1ccc(C(C)(C)O)nc1. The Bertz CT molecular complexity index is 246. The highest BCUT2D eigenvalue weighted by Crippen LogP contribution is 2.16. The third-order valence-corrected chi connectivity index (χ3v) is 1.86. The maximum absolute atomic E-state index is 9.59. The number of aliphatic hydroxyl groups is 1. The Morgan fingerprint density at radius 3 is 2.42 bits per heavy atom. The fraction of sp³-hybridized carbons (Fsp3) is 0.500. The fourth-order valence-corrected chi connectivity index (χ4v) is 0.996. The summed E-state index contributed by atoms with van der Waals surface area (Å²) in [6.45, 7) is 5.56. The van der Waals surface area contributed by atoms with Crippen LogP contribution in [0.1, 0.15) is 32.0 Å². The summed E-state index contributed by atoms with van der Waals surface area (Å²) in [4.78, 5) is 4.17. The van der Waals surface area contributed by atoms with E-state index in [1.807, 2.05) is 18.3 Å². The van der Waals surface area contributed by atoms with Crippen LogP contribution in [0.15, 0.2) is 18.3 Å². The van der Waals surface area contributed by atoms with Crippen molar-refractivity contribution < 1.29 is 5.11 Å². The molecule has 2 nitrogen and oxygen atoms in total. The summed E-state index contributed by atoms with van der Waals surface area (Å²) >= 11 is 0. The van der Waals surface area contributed by atoms with Crippen LogP contribution in [-0.4, -0.2) is 10.1 Å². The summed E-state index contributed by atoms with van der Waals surface area (Å²) in [7, 11) is 0. The van der Waals surface area contributed by atoms with Gasteiger partial charge in [-0.2, -0.15) is 0 Å². The standard InChI is InChI=1S/C10H15NO/c1-4-8-5-6-9(11-7-8)10(2,3)12/h5-7,12H,4H2,1-3H3. The average Bonchev–Trinajstić information content (AvgIpc) is 2.03. The van der Waals surface area contributed by atoms with E-state index in [2.05, 4.69) is 11.9 Å². The molecule has 0 fully saturated rings. The first-order valence-corrected chi connectivity index (χ1v) is 4.22. The van der Waals surface area contributed by atoms with Crippen molar-refractivity contribution in [1.82, 2.24) is 4.98 Å². The Morgan fingerprint density at radius 1 is 1.42 bits per heavy atom. The molecule has 1 N–H and O–H groups in total. The molecule has 0 atom stereocenters. The zero-order valence-electron chi connectivity index (χ0n) is 7.83. The molecule has 2 heteroatoms. The van der Waals surface area contributed by atoms with E-state index in [9.17, 15) is 5.11 Å². The molecular weight excluding hydrogens is 150 g/mol. The van der Waals surface area contributed by atoms with Crippen LogP contribution >= 0.6 is 0 Å². The number of hydrogen-bond donors (Lipinski definition) is 1. The van der Waals surface area contributed by atoms with Gasteiger partial charge in [0.15, 0.2) is 0 Å². The molecule has 66 valence electrons. The van der Waals surface area contributed by atoms with Crippen LogP contribution in [0.25, 0.3) is 0 Å². The number of nitrogens with zero attached hydrogens (tertiary/aromatic N) is 1. The first kappa shape index (κ1) is 9.20. The van der Waals surface area contributed by atoms with Gasteiger partial charge in [0.05, 0.1) is 5.69 Å². The third kappa shape index (κ3) is 2.05. The first-order chi connectivity index (χ1) is 5.54. The van der Waals surface area contributed by atoms with E-state index in [4.69, 9.17) is 0 Å². The second kappa shape index (κ2) is 3.23. The smallest absolute Gasteiger partial charge is 0.101 e. The lowest BCUT2D eigenvalue weighted by atomic mass is 10.0. The Hall–Kier alpha value is -0.890. The van der Waals surface area contributed by atoms with Crippen molar-refractivity contribution in [2.45, 2.75) is 32.8 Å². The molecule has 1 heterocycles. The van der Waals surface area contributed by atoms with E-state index in [1.54, 1.807) is 13.8 Å². The predicted octanol–water partition coefficient (Wildman–Crippen LogP) is 1.87. The fourth-order valence-electron chi connectivity index (χ4n) is 0.996. The predicted molar refractivity (Wildman–Crippen MR) is 48.9 cm³/mol. The van der Waals surface area contributed by atoms with E-state index in [1.165, 1.54) is 5.56 Å². The summed E-state index contributed by atoms with van der Waals surface area (Å²) in [5.41, 5.74) is 1.09. The lowest BCUT2D eigenvalue weighted by molar-refractivity contribution is 0.0738. The molecule has 0 aromatic carbocycles. The van der Waals surface area contributed by atoms with Crippen molar-refractivity contribution in [3.05, 3.63) is 29.6 Å². The molecule has 0 unspecified atom stereocenters. The van der Waals surface area contributed by atoms with Gasteiger partial charge in [0.2, 0.25) is 0 Å². The lowest BCUT2D eigenvalue weighted by Crippen LogP contribution is -2.17. The van der Waals surface area contributed by atoms with Crippen LogP contribution in [0.3, 0.4) is 0 Å². The molecule has 1 aromatic rings. The molecule has 0 spiro atoms. The molecule has 1 rings (SSSR count). The molecule has 0 amide bonds. The van der Waals surface area contributed by atoms with Gasteiger partial charge in [-0.3, -0.25) is 4.98 Å². The van der Waals surface area contributed by atoms with Crippen molar-refractivity contribution in [2.75, 3.05) is 0 Å². The van der Waals surface area contributed by atoms with Crippen molar-refractivity contribution in [3.8, 4) is 0 Å². The molecule has 0 bridgehead atoms. The highest BCUT2D eigenvalue weighted by atomic mass is 16.3. The highest BCUT2D eigenvalue weighted by molar-refractivity contribution is 5.17. The molecule has 0 radical (unpaired) electrons. The third-order valence-electron chi connectivity index (χ3n) is 1.86. The molecular formula is C10H15NO. The van der Waals surface area contributed by atoms with Gasteiger partial charge in [-0.05, 0) is 31.9 Å². The zero-order chi connectivity index (χ0) is 9.19.